The van der Waals surface area contributed by atoms with Crippen molar-refractivity contribution in [3.8, 4) is 16.9 Å². The molecule has 0 unspecified atom stereocenters. The number of benzene rings is 2. The number of likely N-dealkylation sites (tertiary alicyclic amines) is 1. The first kappa shape index (κ1) is 22.0. The summed E-state index contributed by atoms with van der Waals surface area (Å²) < 4.78 is 16.0. The van der Waals surface area contributed by atoms with Crippen LogP contribution in [0.15, 0.2) is 65.6 Å². The number of nitrogens with zero attached hydrogens (tertiary/aromatic N) is 6. The number of halogens is 1. The average molecular weight is 461 g/mol. The zero-order valence-electron chi connectivity index (χ0n) is 19.1. The second-order valence-electron chi connectivity index (χ2n) is 8.81. The Morgan fingerprint density at radius 1 is 1.12 bits per heavy atom. The topological polar surface area (TPSA) is 76.3 Å². The highest BCUT2D eigenvalue weighted by molar-refractivity contribution is 5.94. The monoisotopic (exact) mass is 460 g/mol. The van der Waals surface area contributed by atoms with Gasteiger partial charge >= 0.3 is 0 Å². The maximum Gasteiger partial charge on any atom is 0.288 e. The molecule has 2 aromatic carbocycles. The fourth-order valence-corrected chi connectivity index (χ4v) is 4.42. The smallest absolute Gasteiger partial charge is 0.288 e. The zero-order valence-corrected chi connectivity index (χ0v) is 19.1. The second-order valence-corrected chi connectivity index (χ2v) is 8.81. The van der Waals surface area contributed by atoms with Crippen molar-refractivity contribution in [2.24, 2.45) is 0 Å². The Kier molecular flexibility index (Phi) is 5.70. The lowest BCUT2D eigenvalue weighted by molar-refractivity contribution is 0.0635. The van der Waals surface area contributed by atoms with Gasteiger partial charge in [0.05, 0.1) is 23.0 Å². The van der Waals surface area contributed by atoms with Crippen LogP contribution >= 0.6 is 0 Å². The Balaban J connectivity index is 1.38. The first-order valence-electron chi connectivity index (χ1n) is 11.2. The minimum Gasteiger partial charge on any atom is -0.337 e. The van der Waals surface area contributed by atoms with Crippen LogP contribution in [0.25, 0.3) is 27.8 Å². The molecule has 0 saturated carbocycles. The molecular weight excluding hydrogens is 435 g/mol. The van der Waals surface area contributed by atoms with E-state index in [0.29, 0.717) is 22.7 Å². The van der Waals surface area contributed by atoms with Crippen LogP contribution in [-0.2, 0) is 0 Å². The fourth-order valence-electron chi connectivity index (χ4n) is 4.42. The van der Waals surface area contributed by atoms with Gasteiger partial charge in [-0.3, -0.25) is 9.59 Å². The molecule has 8 nitrogen and oxygen atoms in total. The highest BCUT2D eigenvalue weighted by Crippen LogP contribution is 2.21. The molecular formula is C25H25FN6O2. The molecule has 1 saturated heterocycles. The maximum atomic E-state index is 14.5. The molecule has 5 rings (SSSR count). The van der Waals surface area contributed by atoms with Crippen LogP contribution in [0.5, 0.6) is 0 Å². The standard InChI is InChI=1S/C25H25FN6O2/c1-29(2)20-7-5-13-30(15-20)24(33)17-9-11-19(12-10-17)31-16-22(27-28-31)21-14-18-6-3-4-8-23(18)32(26)25(21)34/h3-4,6,8-12,14,16,20H,5,7,13,15H2,1-2H3/t20-/m1/s1. The lowest BCUT2D eigenvalue weighted by atomic mass is 10.0. The number of pyridine rings is 1. The van der Waals surface area contributed by atoms with E-state index in [1.165, 1.54) is 4.68 Å². The normalized spacial score (nSPS) is 16.4. The number of carbonyl (C=O) groups is 1. The summed E-state index contributed by atoms with van der Waals surface area (Å²) in [5, 5.41) is 8.77. The van der Waals surface area contributed by atoms with Crippen LogP contribution in [0.2, 0.25) is 0 Å². The Labute approximate surface area is 195 Å². The molecule has 0 radical (unpaired) electrons. The Morgan fingerprint density at radius 3 is 2.65 bits per heavy atom. The number of likely N-dealkylation sites (N-methyl/N-ethyl adjacent to an activating group) is 1. The van der Waals surface area contributed by atoms with Gasteiger partial charge in [0.2, 0.25) is 0 Å². The summed E-state index contributed by atoms with van der Waals surface area (Å²) in [7, 11) is 4.08. The molecule has 0 aliphatic carbocycles. The van der Waals surface area contributed by atoms with Crippen molar-refractivity contribution >= 4 is 16.8 Å². The van der Waals surface area contributed by atoms with Crippen molar-refractivity contribution in [1.82, 2.24) is 29.6 Å². The van der Waals surface area contributed by atoms with Crippen LogP contribution in [0.1, 0.15) is 23.2 Å². The summed E-state index contributed by atoms with van der Waals surface area (Å²) >= 11 is 0. The predicted octanol–water partition coefficient (Wildman–Crippen LogP) is 3.15. The number of hydrogen-bond acceptors (Lipinski definition) is 5. The number of hydrogen-bond donors (Lipinski definition) is 0. The van der Waals surface area contributed by atoms with Crippen molar-refractivity contribution < 1.29 is 9.28 Å². The van der Waals surface area contributed by atoms with Gasteiger partial charge in [0.1, 0.15) is 5.69 Å². The summed E-state index contributed by atoms with van der Waals surface area (Å²) in [6, 6.07) is 15.8. The Morgan fingerprint density at radius 2 is 1.88 bits per heavy atom. The number of carbonyl (C=O) groups excluding carboxylic acids is 1. The lowest BCUT2D eigenvalue weighted by Crippen LogP contribution is -2.47. The van der Waals surface area contributed by atoms with E-state index < -0.39 is 5.56 Å². The van der Waals surface area contributed by atoms with Crippen LogP contribution in [-0.4, -0.2) is 68.7 Å². The number of amides is 1. The molecule has 0 spiro atoms. The van der Waals surface area contributed by atoms with Gasteiger partial charge in [-0.2, -0.15) is 0 Å². The molecule has 1 fully saturated rings. The Bertz CT molecular complexity index is 1410. The number of piperidine rings is 1. The molecule has 0 N–H and O–H groups in total. The lowest BCUT2D eigenvalue weighted by Gasteiger charge is -2.36. The molecule has 174 valence electrons. The molecule has 1 amide bonds. The van der Waals surface area contributed by atoms with Crippen molar-refractivity contribution in [3.63, 3.8) is 0 Å². The molecule has 3 heterocycles. The van der Waals surface area contributed by atoms with E-state index in [1.54, 1.807) is 60.8 Å². The highest BCUT2D eigenvalue weighted by atomic mass is 19.2. The van der Waals surface area contributed by atoms with E-state index in [2.05, 4.69) is 15.2 Å². The van der Waals surface area contributed by atoms with Crippen LogP contribution < -0.4 is 5.56 Å². The van der Waals surface area contributed by atoms with Crippen molar-refractivity contribution in [1.29, 1.82) is 0 Å². The SMILES string of the molecule is CN(C)[C@@H]1CCCN(C(=O)c2ccc(-n3cc(-c4cc5ccccc5n(F)c4=O)nn3)cc2)C1. The predicted molar refractivity (Wildman–Crippen MR) is 128 cm³/mol. The van der Waals surface area contributed by atoms with Gasteiger partial charge in [-0.25, -0.2) is 4.68 Å². The number of fused-ring (bicyclic) bond motifs is 1. The molecule has 1 aliphatic heterocycles. The van der Waals surface area contributed by atoms with Crippen molar-refractivity contribution in [2.75, 3.05) is 27.2 Å². The van der Waals surface area contributed by atoms with Crippen molar-refractivity contribution in [3.05, 3.63) is 76.7 Å². The fraction of sp³-hybridized carbons (Fsp3) is 0.280. The molecule has 4 aromatic rings. The quantitative estimate of drug-likeness (QED) is 0.468. The molecule has 34 heavy (non-hydrogen) atoms. The third-order valence-corrected chi connectivity index (χ3v) is 6.42. The number of aromatic nitrogens is 4. The minimum absolute atomic E-state index is 0.0111. The summed E-state index contributed by atoms with van der Waals surface area (Å²) in [4.78, 5) is 29.7. The summed E-state index contributed by atoms with van der Waals surface area (Å²) in [5.41, 5.74) is 1.10. The second kappa shape index (κ2) is 8.83. The van der Waals surface area contributed by atoms with Gasteiger partial charge in [0.15, 0.2) is 0 Å². The van der Waals surface area contributed by atoms with Gasteiger partial charge in [-0.15, -0.1) is 9.89 Å². The third-order valence-electron chi connectivity index (χ3n) is 6.42. The van der Waals surface area contributed by atoms with E-state index in [4.69, 9.17) is 0 Å². The third kappa shape index (κ3) is 3.99. The van der Waals surface area contributed by atoms with Gasteiger partial charge in [-0.05, 0) is 63.3 Å². The van der Waals surface area contributed by atoms with Crippen LogP contribution in [0, 0.1) is 0 Å². The first-order valence-corrected chi connectivity index (χ1v) is 11.2. The molecule has 1 atom stereocenters. The molecule has 0 bridgehead atoms. The van der Waals surface area contributed by atoms with Crippen molar-refractivity contribution in [2.45, 2.75) is 18.9 Å². The van der Waals surface area contributed by atoms with Gasteiger partial charge in [-0.1, -0.05) is 27.9 Å². The van der Waals surface area contributed by atoms with E-state index in [9.17, 15) is 14.1 Å². The molecule has 2 aromatic heterocycles. The van der Waals surface area contributed by atoms with Gasteiger partial charge in [0.25, 0.3) is 11.5 Å². The summed E-state index contributed by atoms with van der Waals surface area (Å²) in [6.07, 6.45) is 3.66. The van der Waals surface area contributed by atoms with E-state index in [0.717, 1.165) is 25.9 Å². The van der Waals surface area contributed by atoms with E-state index in [1.807, 2.05) is 19.0 Å². The largest absolute Gasteiger partial charge is 0.337 e. The van der Waals surface area contributed by atoms with E-state index in [-0.39, 0.29) is 27.5 Å². The van der Waals surface area contributed by atoms with Crippen LogP contribution in [0.4, 0.5) is 4.48 Å². The molecule has 9 heteroatoms. The zero-order chi connectivity index (χ0) is 23.8. The number of para-hydroxylation sites is 1. The Hall–Kier alpha value is -3.85. The number of rotatable bonds is 4. The van der Waals surface area contributed by atoms with Gasteiger partial charge < -0.3 is 9.80 Å². The average Bonchev–Trinajstić information content (AvgIpc) is 3.36. The maximum absolute atomic E-state index is 14.5. The summed E-state index contributed by atoms with van der Waals surface area (Å²) in [6.45, 7) is 1.48. The molecule has 1 aliphatic rings. The summed E-state index contributed by atoms with van der Waals surface area (Å²) in [5.74, 6) is 0.0111. The van der Waals surface area contributed by atoms with Gasteiger partial charge in [0, 0.05) is 30.1 Å². The minimum atomic E-state index is -0.788. The van der Waals surface area contributed by atoms with Crippen LogP contribution in [0.3, 0.4) is 0 Å². The van der Waals surface area contributed by atoms with E-state index >= 15 is 0 Å². The highest BCUT2D eigenvalue weighted by Gasteiger charge is 2.25. The first-order chi connectivity index (χ1) is 16.4.